The number of pyridine rings is 1. The fourth-order valence-corrected chi connectivity index (χ4v) is 4.30. The number of nitrogens with zero attached hydrogens (tertiary/aromatic N) is 2. The van der Waals surface area contributed by atoms with Gasteiger partial charge in [0, 0.05) is 0 Å². The average Bonchev–Trinajstić information content (AvgIpc) is 2.83. The minimum absolute atomic E-state index is 0.0273. The Bertz CT molecular complexity index is 786. The molecule has 0 saturated carbocycles. The monoisotopic (exact) mass is 347 g/mol. The van der Waals surface area contributed by atoms with Crippen LogP contribution in [-0.4, -0.2) is 13.4 Å². The first-order chi connectivity index (χ1) is 9.33. The number of hydrogen-bond acceptors (Lipinski definition) is 5. The van der Waals surface area contributed by atoms with Gasteiger partial charge in [-0.3, -0.25) is 4.72 Å². The van der Waals surface area contributed by atoms with E-state index in [9.17, 15) is 8.42 Å². The molecule has 0 atom stereocenters. The Labute approximate surface area is 129 Å². The van der Waals surface area contributed by atoms with E-state index in [2.05, 4.69) is 9.71 Å². The molecule has 104 valence electrons. The third-order valence-electron chi connectivity index (χ3n) is 2.33. The molecule has 2 rings (SSSR count). The van der Waals surface area contributed by atoms with Crippen molar-refractivity contribution in [2.75, 3.05) is 4.72 Å². The van der Waals surface area contributed by atoms with Crippen molar-refractivity contribution in [1.82, 2.24) is 4.98 Å². The van der Waals surface area contributed by atoms with Crippen LogP contribution in [0.1, 0.15) is 10.4 Å². The van der Waals surface area contributed by atoms with Gasteiger partial charge in [0.2, 0.25) is 0 Å². The number of rotatable bonds is 3. The van der Waals surface area contributed by atoms with Crippen molar-refractivity contribution in [1.29, 1.82) is 5.26 Å². The summed E-state index contributed by atoms with van der Waals surface area (Å²) in [5.74, 6) is 0. The highest BCUT2D eigenvalue weighted by molar-refractivity contribution is 7.94. The number of aromatic nitrogens is 1. The fourth-order valence-electron chi connectivity index (χ4n) is 1.43. The molecular formula is C11H7Cl2N3O2S2. The molecule has 2 heterocycles. The van der Waals surface area contributed by atoms with Crippen molar-refractivity contribution in [3.8, 4) is 6.07 Å². The molecule has 0 aliphatic rings. The highest BCUT2D eigenvalue weighted by atomic mass is 35.5. The molecule has 5 nitrogen and oxygen atoms in total. The molecule has 0 amide bonds. The number of aryl methyl sites for hydroxylation is 1. The molecule has 0 bridgehead atoms. The second kappa shape index (κ2) is 5.58. The number of halogens is 2. The first-order valence-electron chi connectivity index (χ1n) is 5.19. The molecule has 0 aromatic carbocycles. The Morgan fingerprint density at radius 3 is 2.65 bits per heavy atom. The molecule has 0 aliphatic carbocycles. The standard InChI is InChI=1S/C11H7Cl2N3O2S2/c1-6-4-8(12)15-11(13)10(6)16-20(17,18)9-3-2-7(5-14)19-9/h2-4,16H,1H3. The quantitative estimate of drug-likeness (QED) is 0.862. The van der Waals surface area contributed by atoms with Crippen molar-refractivity contribution in [3.05, 3.63) is 38.9 Å². The summed E-state index contributed by atoms with van der Waals surface area (Å²) in [4.78, 5) is 4.10. The molecule has 0 spiro atoms. The Morgan fingerprint density at radius 2 is 2.10 bits per heavy atom. The van der Waals surface area contributed by atoms with Crippen LogP contribution in [0.25, 0.3) is 0 Å². The van der Waals surface area contributed by atoms with Crippen LogP contribution in [0.3, 0.4) is 0 Å². The Balaban J connectivity index is 2.41. The van der Waals surface area contributed by atoms with Crippen molar-refractivity contribution in [3.63, 3.8) is 0 Å². The lowest BCUT2D eigenvalue weighted by Gasteiger charge is -2.10. The van der Waals surface area contributed by atoms with Gasteiger partial charge in [-0.2, -0.15) is 5.26 Å². The molecule has 2 aromatic heterocycles. The number of thiophene rings is 1. The molecule has 20 heavy (non-hydrogen) atoms. The van der Waals surface area contributed by atoms with Gasteiger partial charge in [-0.1, -0.05) is 23.2 Å². The highest BCUT2D eigenvalue weighted by Crippen LogP contribution is 2.30. The lowest BCUT2D eigenvalue weighted by Crippen LogP contribution is -2.13. The number of anilines is 1. The van der Waals surface area contributed by atoms with Gasteiger partial charge in [-0.15, -0.1) is 11.3 Å². The lowest BCUT2D eigenvalue weighted by atomic mass is 10.3. The topological polar surface area (TPSA) is 82.8 Å². The van der Waals surface area contributed by atoms with Crippen LogP contribution in [0.4, 0.5) is 5.69 Å². The summed E-state index contributed by atoms with van der Waals surface area (Å²) in [7, 11) is -3.81. The molecule has 0 saturated heterocycles. The van der Waals surface area contributed by atoms with Crippen molar-refractivity contribution in [2.24, 2.45) is 0 Å². The highest BCUT2D eigenvalue weighted by Gasteiger charge is 2.20. The predicted octanol–water partition coefficient (Wildman–Crippen LogP) is 3.43. The molecule has 0 unspecified atom stereocenters. The van der Waals surface area contributed by atoms with Gasteiger partial charge in [0.05, 0.1) is 5.69 Å². The van der Waals surface area contributed by atoms with Gasteiger partial charge in [-0.05, 0) is 30.7 Å². The smallest absolute Gasteiger partial charge is 0.271 e. The molecule has 9 heteroatoms. The van der Waals surface area contributed by atoms with Crippen LogP contribution < -0.4 is 4.72 Å². The van der Waals surface area contributed by atoms with Crippen LogP contribution in [0.2, 0.25) is 10.3 Å². The van der Waals surface area contributed by atoms with E-state index in [4.69, 9.17) is 28.5 Å². The normalized spacial score (nSPS) is 11.1. The van der Waals surface area contributed by atoms with E-state index in [0.29, 0.717) is 10.4 Å². The third kappa shape index (κ3) is 3.04. The van der Waals surface area contributed by atoms with Crippen LogP contribution in [0.15, 0.2) is 22.4 Å². The Kier molecular flexibility index (Phi) is 4.20. The van der Waals surface area contributed by atoms with Gasteiger partial charge in [0.1, 0.15) is 20.3 Å². The molecule has 0 radical (unpaired) electrons. The lowest BCUT2D eigenvalue weighted by molar-refractivity contribution is 0.603. The maximum Gasteiger partial charge on any atom is 0.271 e. The summed E-state index contributed by atoms with van der Waals surface area (Å²) >= 11 is 12.5. The average molecular weight is 348 g/mol. The van der Waals surface area contributed by atoms with Gasteiger partial charge in [-0.25, -0.2) is 13.4 Å². The Hall–Kier alpha value is -1.33. The first-order valence-corrected chi connectivity index (χ1v) is 8.24. The van der Waals surface area contributed by atoms with Gasteiger partial charge in [0.15, 0.2) is 5.15 Å². The van der Waals surface area contributed by atoms with Crippen LogP contribution in [-0.2, 0) is 10.0 Å². The predicted molar refractivity (Wildman–Crippen MR) is 78.8 cm³/mol. The van der Waals surface area contributed by atoms with Crippen molar-refractivity contribution < 1.29 is 8.42 Å². The van der Waals surface area contributed by atoms with E-state index in [-0.39, 0.29) is 20.2 Å². The summed E-state index contributed by atoms with van der Waals surface area (Å²) < 4.78 is 26.8. The summed E-state index contributed by atoms with van der Waals surface area (Å²) in [5.41, 5.74) is 0.721. The molecule has 1 N–H and O–H groups in total. The minimum atomic E-state index is -3.81. The van der Waals surface area contributed by atoms with Gasteiger partial charge >= 0.3 is 0 Å². The first kappa shape index (κ1) is 15.1. The van der Waals surface area contributed by atoms with E-state index < -0.39 is 10.0 Å². The largest absolute Gasteiger partial charge is 0.276 e. The summed E-state index contributed by atoms with van der Waals surface area (Å²) in [5, 5.41) is 8.87. The van der Waals surface area contributed by atoms with E-state index in [1.54, 1.807) is 6.92 Å². The van der Waals surface area contributed by atoms with E-state index in [1.807, 2.05) is 6.07 Å². The SMILES string of the molecule is Cc1cc(Cl)nc(Cl)c1NS(=O)(=O)c1ccc(C#N)s1. The second-order valence-electron chi connectivity index (χ2n) is 3.76. The number of nitriles is 1. The van der Waals surface area contributed by atoms with E-state index in [1.165, 1.54) is 18.2 Å². The molecule has 0 aliphatic heterocycles. The number of sulfonamides is 1. The van der Waals surface area contributed by atoms with Crippen LogP contribution >= 0.6 is 34.5 Å². The zero-order chi connectivity index (χ0) is 14.9. The molecule has 0 fully saturated rings. The van der Waals surface area contributed by atoms with Gasteiger partial charge in [0.25, 0.3) is 10.0 Å². The maximum absolute atomic E-state index is 12.2. The number of nitrogens with one attached hydrogen (secondary N) is 1. The van der Waals surface area contributed by atoms with E-state index in [0.717, 1.165) is 11.3 Å². The van der Waals surface area contributed by atoms with E-state index >= 15 is 0 Å². The van der Waals surface area contributed by atoms with Crippen LogP contribution in [0.5, 0.6) is 0 Å². The van der Waals surface area contributed by atoms with Crippen LogP contribution in [0, 0.1) is 18.3 Å². The summed E-state index contributed by atoms with van der Waals surface area (Å²) in [6.45, 7) is 1.66. The van der Waals surface area contributed by atoms with Gasteiger partial charge < -0.3 is 0 Å². The zero-order valence-corrected chi connectivity index (χ0v) is 13.2. The van der Waals surface area contributed by atoms with Crippen molar-refractivity contribution in [2.45, 2.75) is 11.1 Å². The fraction of sp³-hybridized carbons (Fsp3) is 0.0909. The number of hydrogen-bond donors (Lipinski definition) is 1. The molecular weight excluding hydrogens is 341 g/mol. The zero-order valence-electron chi connectivity index (χ0n) is 10.0. The summed E-state index contributed by atoms with van der Waals surface area (Å²) in [6, 6.07) is 6.18. The maximum atomic E-state index is 12.2. The summed E-state index contributed by atoms with van der Waals surface area (Å²) in [6.07, 6.45) is 0. The Morgan fingerprint density at radius 1 is 1.40 bits per heavy atom. The molecule has 2 aromatic rings. The van der Waals surface area contributed by atoms with Crippen molar-refractivity contribution >= 4 is 50.2 Å². The third-order valence-corrected chi connectivity index (χ3v) is 5.63. The minimum Gasteiger partial charge on any atom is -0.276 e. The second-order valence-corrected chi connectivity index (χ2v) is 7.50.